The van der Waals surface area contributed by atoms with Crippen molar-refractivity contribution in [3.8, 4) is 28.1 Å². The summed E-state index contributed by atoms with van der Waals surface area (Å²) < 4.78 is 19.0. The summed E-state index contributed by atoms with van der Waals surface area (Å²) in [7, 11) is 1.55. The number of nitrogen functional groups attached to an aromatic ring is 1. The van der Waals surface area contributed by atoms with E-state index in [1.54, 1.807) is 25.4 Å². The van der Waals surface area contributed by atoms with E-state index in [0.717, 1.165) is 27.0 Å². The van der Waals surface area contributed by atoms with Gasteiger partial charge in [0.15, 0.2) is 11.6 Å². The molecule has 0 bridgehead atoms. The van der Waals surface area contributed by atoms with Gasteiger partial charge >= 0.3 is 0 Å². The van der Waals surface area contributed by atoms with Crippen LogP contribution >= 0.6 is 15.9 Å². The van der Waals surface area contributed by atoms with E-state index < -0.39 is 0 Å². The quantitative estimate of drug-likeness (QED) is 0.733. The van der Waals surface area contributed by atoms with Crippen molar-refractivity contribution < 1.29 is 9.13 Å². The van der Waals surface area contributed by atoms with E-state index in [4.69, 9.17) is 10.5 Å². The van der Waals surface area contributed by atoms with Crippen LogP contribution in [0.5, 0.6) is 5.75 Å². The van der Waals surface area contributed by atoms with Crippen LogP contribution in [-0.2, 0) is 0 Å². The number of halogens is 2. The lowest BCUT2D eigenvalue weighted by molar-refractivity contribution is 0.415. The topological polar surface area (TPSA) is 63.9 Å². The first-order valence-electron chi connectivity index (χ1n) is 6.53. The molecule has 0 radical (unpaired) electrons. The Kier molecular flexibility index (Phi) is 3.85. The van der Waals surface area contributed by atoms with Crippen molar-refractivity contribution in [2.75, 3.05) is 12.8 Å². The zero-order valence-corrected chi connectivity index (χ0v) is 13.3. The van der Waals surface area contributed by atoms with Crippen molar-refractivity contribution in [1.29, 1.82) is 0 Å². The lowest BCUT2D eigenvalue weighted by Gasteiger charge is -2.05. The number of aromatic amines is 1. The van der Waals surface area contributed by atoms with Gasteiger partial charge in [0.25, 0.3) is 0 Å². The van der Waals surface area contributed by atoms with Crippen molar-refractivity contribution in [3.05, 3.63) is 53.0 Å². The van der Waals surface area contributed by atoms with Crippen LogP contribution in [0.3, 0.4) is 0 Å². The van der Waals surface area contributed by atoms with Crippen LogP contribution in [0.2, 0.25) is 0 Å². The Bertz CT molecular complexity index is 815. The maximum Gasteiger partial charge on any atom is 0.166 e. The highest BCUT2D eigenvalue weighted by Crippen LogP contribution is 2.35. The molecule has 3 rings (SSSR count). The number of nitrogens with one attached hydrogen (secondary N) is 1. The minimum absolute atomic E-state index is 0.262. The van der Waals surface area contributed by atoms with E-state index in [1.165, 1.54) is 12.1 Å². The van der Waals surface area contributed by atoms with Crippen molar-refractivity contribution in [2.45, 2.75) is 0 Å². The average Bonchev–Trinajstić information content (AvgIpc) is 2.90. The van der Waals surface area contributed by atoms with Gasteiger partial charge in [0.05, 0.1) is 11.7 Å². The lowest BCUT2D eigenvalue weighted by Crippen LogP contribution is -1.95. The summed E-state index contributed by atoms with van der Waals surface area (Å²) in [6.07, 6.45) is 1.68. The fourth-order valence-electron chi connectivity index (χ4n) is 2.19. The summed E-state index contributed by atoms with van der Waals surface area (Å²) in [5, 5.41) is 0. The molecule has 0 saturated heterocycles. The number of ether oxygens (including phenoxy) is 1. The molecular weight excluding hydrogens is 349 g/mol. The van der Waals surface area contributed by atoms with Crippen molar-refractivity contribution in [1.82, 2.24) is 9.97 Å². The first-order valence-corrected chi connectivity index (χ1v) is 7.32. The third-order valence-corrected chi connectivity index (χ3v) is 3.96. The second-order valence-corrected chi connectivity index (χ2v) is 5.52. The summed E-state index contributed by atoms with van der Waals surface area (Å²) in [6.45, 7) is 0. The Labute approximate surface area is 135 Å². The highest BCUT2D eigenvalue weighted by atomic mass is 79.9. The van der Waals surface area contributed by atoms with Crippen LogP contribution in [0.15, 0.2) is 47.2 Å². The maximum atomic E-state index is 13.0. The molecule has 2 heterocycles. The minimum Gasteiger partial charge on any atom is -0.493 e. The second kappa shape index (κ2) is 5.81. The molecule has 2 aromatic heterocycles. The van der Waals surface area contributed by atoms with E-state index in [1.807, 2.05) is 12.1 Å². The highest BCUT2D eigenvalue weighted by molar-refractivity contribution is 9.10. The molecule has 0 spiro atoms. The van der Waals surface area contributed by atoms with Gasteiger partial charge in [-0.25, -0.2) is 9.37 Å². The van der Waals surface area contributed by atoms with Gasteiger partial charge < -0.3 is 15.5 Å². The van der Waals surface area contributed by atoms with Crippen LogP contribution in [0.4, 0.5) is 10.2 Å². The molecule has 0 unspecified atom stereocenters. The number of rotatable bonds is 3. The second-order valence-electron chi connectivity index (χ2n) is 4.73. The molecule has 6 heteroatoms. The van der Waals surface area contributed by atoms with Gasteiger partial charge in [0.1, 0.15) is 5.82 Å². The highest BCUT2D eigenvalue weighted by Gasteiger charge is 2.12. The average molecular weight is 362 g/mol. The third-order valence-electron chi connectivity index (χ3n) is 3.34. The molecular formula is C16H13BrFN3O. The van der Waals surface area contributed by atoms with Gasteiger partial charge in [-0.1, -0.05) is 0 Å². The van der Waals surface area contributed by atoms with Crippen LogP contribution in [0.1, 0.15) is 0 Å². The zero-order valence-electron chi connectivity index (χ0n) is 11.7. The van der Waals surface area contributed by atoms with Gasteiger partial charge in [0.2, 0.25) is 0 Å². The van der Waals surface area contributed by atoms with Crippen LogP contribution in [0.25, 0.3) is 22.4 Å². The van der Waals surface area contributed by atoms with E-state index in [-0.39, 0.29) is 5.82 Å². The SMILES string of the molecule is COc1cc(-c2cc(-c3ccc(F)cc3)[nH]c2Br)cnc1N. The standard InChI is InChI=1S/C16H13BrFN3O/c1-22-14-6-10(8-20-16(14)19)12-7-13(21-15(12)17)9-2-4-11(18)5-3-9/h2-8,21H,1H3,(H2,19,20). The molecule has 3 N–H and O–H groups in total. The molecule has 1 aromatic carbocycles. The first-order chi connectivity index (χ1) is 10.6. The largest absolute Gasteiger partial charge is 0.493 e. The zero-order chi connectivity index (χ0) is 15.7. The fraction of sp³-hybridized carbons (Fsp3) is 0.0625. The van der Waals surface area contributed by atoms with Crippen LogP contribution in [0, 0.1) is 5.82 Å². The number of nitrogens with zero attached hydrogens (tertiary/aromatic N) is 1. The molecule has 112 valence electrons. The molecule has 3 aromatic rings. The minimum atomic E-state index is -0.262. The van der Waals surface area contributed by atoms with E-state index in [0.29, 0.717) is 11.6 Å². The first kappa shape index (κ1) is 14.6. The fourth-order valence-corrected chi connectivity index (χ4v) is 2.75. The van der Waals surface area contributed by atoms with E-state index in [2.05, 4.69) is 25.9 Å². The van der Waals surface area contributed by atoms with Crippen molar-refractivity contribution >= 4 is 21.7 Å². The number of benzene rings is 1. The molecule has 0 amide bonds. The summed E-state index contributed by atoms with van der Waals surface area (Å²) in [6, 6.07) is 10.1. The lowest BCUT2D eigenvalue weighted by atomic mass is 10.1. The summed E-state index contributed by atoms with van der Waals surface area (Å²) in [4.78, 5) is 7.35. The predicted octanol–water partition coefficient (Wildman–Crippen LogP) is 4.24. The van der Waals surface area contributed by atoms with Crippen molar-refractivity contribution in [3.63, 3.8) is 0 Å². The Morgan fingerprint density at radius 3 is 2.59 bits per heavy atom. The number of anilines is 1. The number of pyridine rings is 1. The normalized spacial score (nSPS) is 10.7. The smallest absolute Gasteiger partial charge is 0.166 e. The van der Waals surface area contributed by atoms with Crippen molar-refractivity contribution in [2.24, 2.45) is 0 Å². The van der Waals surface area contributed by atoms with Crippen LogP contribution < -0.4 is 10.5 Å². The van der Waals surface area contributed by atoms with Gasteiger partial charge in [-0.05, 0) is 57.9 Å². The number of H-pyrrole nitrogens is 1. The number of hydrogen-bond acceptors (Lipinski definition) is 3. The van der Waals surface area contributed by atoms with Gasteiger partial charge in [-0.2, -0.15) is 0 Å². The molecule has 0 aliphatic carbocycles. The molecule has 0 fully saturated rings. The Hall–Kier alpha value is -2.34. The van der Waals surface area contributed by atoms with Gasteiger partial charge in [-0.15, -0.1) is 0 Å². The maximum absolute atomic E-state index is 13.0. The van der Waals surface area contributed by atoms with Gasteiger partial charge in [-0.3, -0.25) is 0 Å². The predicted molar refractivity (Wildman–Crippen MR) is 88.1 cm³/mol. The summed E-state index contributed by atoms with van der Waals surface area (Å²) in [5.74, 6) is 0.604. The third kappa shape index (κ3) is 2.69. The Morgan fingerprint density at radius 1 is 1.18 bits per heavy atom. The molecule has 22 heavy (non-hydrogen) atoms. The number of nitrogens with two attached hydrogens (primary N) is 1. The van der Waals surface area contributed by atoms with E-state index in [9.17, 15) is 4.39 Å². The van der Waals surface area contributed by atoms with Gasteiger partial charge in [0, 0.05) is 23.0 Å². The summed E-state index contributed by atoms with van der Waals surface area (Å²) >= 11 is 3.50. The molecule has 4 nitrogen and oxygen atoms in total. The molecule has 0 aliphatic heterocycles. The van der Waals surface area contributed by atoms with Crippen LogP contribution in [-0.4, -0.2) is 17.1 Å². The summed E-state index contributed by atoms with van der Waals surface area (Å²) in [5.41, 5.74) is 9.29. The number of methoxy groups -OCH3 is 1. The Balaban J connectivity index is 2.04. The Morgan fingerprint density at radius 2 is 1.91 bits per heavy atom. The monoisotopic (exact) mass is 361 g/mol. The van der Waals surface area contributed by atoms with E-state index >= 15 is 0 Å². The number of aromatic nitrogens is 2. The molecule has 0 saturated carbocycles. The molecule has 0 atom stereocenters. The number of hydrogen-bond donors (Lipinski definition) is 2. The molecule has 0 aliphatic rings.